The Bertz CT molecular complexity index is 1440. The Kier molecular flexibility index (Phi) is 5.09. The summed E-state index contributed by atoms with van der Waals surface area (Å²) in [4.78, 5) is 8.57. The SMILES string of the molecule is CC(=NO)c1ccc(-c2cc(Cn3cc4nc(-c5cccc(F)c5F)nc-4cn3)on2)cc1. The van der Waals surface area contributed by atoms with Gasteiger partial charge in [0, 0.05) is 11.6 Å². The molecule has 0 bridgehead atoms. The average molecular weight is 446 g/mol. The molecule has 1 aromatic heterocycles. The van der Waals surface area contributed by atoms with Crippen molar-refractivity contribution in [2.45, 2.75) is 13.5 Å². The lowest BCUT2D eigenvalue weighted by molar-refractivity contribution is 0.319. The minimum atomic E-state index is -0.991. The number of rotatable bonds is 5. The highest BCUT2D eigenvalue weighted by molar-refractivity contribution is 5.98. The Morgan fingerprint density at radius 1 is 1.06 bits per heavy atom. The van der Waals surface area contributed by atoms with Crippen molar-refractivity contribution in [3.8, 4) is 34.0 Å². The molecule has 0 saturated carbocycles. The molecule has 0 amide bonds. The van der Waals surface area contributed by atoms with Gasteiger partial charge in [0.15, 0.2) is 23.2 Å². The van der Waals surface area contributed by atoms with E-state index in [1.165, 1.54) is 18.3 Å². The molecule has 0 saturated heterocycles. The van der Waals surface area contributed by atoms with E-state index in [0.717, 1.165) is 17.2 Å². The molecular formula is C23H16F2N6O2. The second-order valence-corrected chi connectivity index (χ2v) is 7.33. The second-order valence-electron chi connectivity index (χ2n) is 7.33. The zero-order chi connectivity index (χ0) is 22.9. The van der Waals surface area contributed by atoms with Crippen LogP contribution in [0.25, 0.3) is 34.0 Å². The molecule has 1 N–H and O–H groups in total. The van der Waals surface area contributed by atoms with Crippen LogP contribution in [-0.2, 0) is 6.54 Å². The van der Waals surface area contributed by atoms with Crippen LogP contribution in [0.5, 0.6) is 0 Å². The van der Waals surface area contributed by atoms with Gasteiger partial charge in [-0.05, 0) is 24.6 Å². The number of aromatic nitrogens is 5. The topological polar surface area (TPSA) is 102 Å². The normalized spacial score (nSPS) is 11.9. The Morgan fingerprint density at radius 3 is 2.64 bits per heavy atom. The maximum absolute atomic E-state index is 14.1. The van der Waals surface area contributed by atoms with Crippen molar-refractivity contribution < 1.29 is 18.5 Å². The van der Waals surface area contributed by atoms with Gasteiger partial charge in [-0.3, -0.25) is 4.68 Å². The molecule has 2 aliphatic heterocycles. The first-order valence-electron chi connectivity index (χ1n) is 9.91. The molecule has 164 valence electrons. The third-order valence-corrected chi connectivity index (χ3v) is 5.13. The molecule has 0 unspecified atom stereocenters. The van der Waals surface area contributed by atoms with Crippen LogP contribution >= 0.6 is 0 Å². The van der Waals surface area contributed by atoms with Crippen molar-refractivity contribution >= 4 is 5.71 Å². The van der Waals surface area contributed by atoms with E-state index in [4.69, 9.17) is 9.73 Å². The fourth-order valence-electron chi connectivity index (χ4n) is 3.37. The third kappa shape index (κ3) is 3.93. The minimum absolute atomic E-state index is 0.0101. The molecule has 2 aliphatic rings. The van der Waals surface area contributed by atoms with Crippen molar-refractivity contribution in [1.82, 2.24) is 24.9 Å². The number of fused-ring (bicyclic) bond motifs is 1. The summed E-state index contributed by atoms with van der Waals surface area (Å²) in [6.07, 6.45) is 3.15. The highest BCUT2D eigenvalue weighted by Gasteiger charge is 2.18. The zero-order valence-electron chi connectivity index (χ0n) is 17.3. The van der Waals surface area contributed by atoms with E-state index in [0.29, 0.717) is 28.6 Å². The van der Waals surface area contributed by atoms with Gasteiger partial charge in [-0.25, -0.2) is 18.7 Å². The molecule has 5 rings (SSSR count). The molecule has 3 heterocycles. The van der Waals surface area contributed by atoms with E-state index in [9.17, 15) is 8.78 Å². The Labute approximate surface area is 186 Å². The lowest BCUT2D eigenvalue weighted by Crippen LogP contribution is -2.04. The van der Waals surface area contributed by atoms with Gasteiger partial charge in [-0.15, -0.1) is 0 Å². The van der Waals surface area contributed by atoms with Crippen LogP contribution in [0.4, 0.5) is 8.78 Å². The minimum Gasteiger partial charge on any atom is -0.411 e. The van der Waals surface area contributed by atoms with Crippen LogP contribution in [-0.4, -0.2) is 35.8 Å². The quantitative estimate of drug-likeness (QED) is 0.240. The highest BCUT2D eigenvalue weighted by atomic mass is 19.2. The Balaban J connectivity index is 1.37. The average Bonchev–Trinajstić information content (AvgIpc) is 3.47. The maximum atomic E-state index is 14.1. The molecule has 8 nitrogen and oxygen atoms in total. The molecule has 10 heteroatoms. The smallest absolute Gasteiger partial charge is 0.169 e. The molecule has 0 fully saturated rings. The molecule has 0 aliphatic carbocycles. The van der Waals surface area contributed by atoms with Gasteiger partial charge in [0.1, 0.15) is 23.6 Å². The number of benzene rings is 2. The Morgan fingerprint density at radius 2 is 1.85 bits per heavy atom. The number of imidazole rings is 1. The molecule has 33 heavy (non-hydrogen) atoms. The van der Waals surface area contributed by atoms with Gasteiger partial charge in [0.2, 0.25) is 0 Å². The molecular weight excluding hydrogens is 430 g/mol. The monoisotopic (exact) mass is 446 g/mol. The van der Waals surface area contributed by atoms with E-state index in [2.05, 4.69) is 25.4 Å². The molecule has 0 atom stereocenters. The van der Waals surface area contributed by atoms with Gasteiger partial charge in [0.05, 0.1) is 23.7 Å². The molecule has 3 aromatic rings. The van der Waals surface area contributed by atoms with Gasteiger partial charge in [-0.2, -0.15) is 5.10 Å². The van der Waals surface area contributed by atoms with Crippen LogP contribution in [0, 0.1) is 11.6 Å². The second kappa shape index (κ2) is 8.23. The summed E-state index contributed by atoms with van der Waals surface area (Å²) >= 11 is 0. The van der Waals surface area contributed by atoms with E-state index in [1.54, 1.807) is 23.9 Å². The molecule has 0 radical (unpaired) electrons. The number of nitrogens with zero attached hydrogens (tertiary/aromatic N) is 6. The first-order chi connectivity index (χ1) is 16.0. The van der Waals surface area contributed by atoms with E-state index in [-0.39, 0.29) is 17.9 Å². The van der Waals surface area contributed by atoms with E-state index < -0.39 is 11.6 Å². The van der Waals surface area contributed by atoms with Crippen molar-refractivity contribution in [2.75, 3.05) is 0 Å². The first-order valence-corrected chi connectivity index (χ1v) is 9.91. The fourth-order valence-corrected chi connectivity index (χ4v) is 3.37. The fraction of sp³-hybridized carbons (Fsp3) is 0.0870. The van der Waals surface area contributed by atoms with Crippen molar-refractivity contribution in [1.29, 1.82) is 0 Å². The standard InChI is InChI=1S/C23H16F2N6O2/c1-13(29-32)14-5-7-15(8-6-14)19-9-16(33-30-19)11-31-12-21-20(10-26-31)27-23(28-21)17-3-2-4-18(24)22(17)25/h2-10,12,32H,11H2,1H3. The van der Waals surface area contributed by atoms with Gasteiger partial charge >= 0.3 is 0 Å². The highest BCUT2D eigenvalue weighted by Crippen LogP contribution is 2.27. The lowest BCUT2D eigenvalue weighted by atomic mass is 10.1. The van der Waals surface area contributed by atoms with Crippen molar-refractivity contribution in [3.63, 3.8) is 0 Å². The Hall–Kier alpha value is -4.47. The predicted molar refractivity (Wildman–Crippen MR) is 115 cm³/mol. The lowest BCUT2D eigenvalue weighted by Gasteiger charge is -2.03. The number of hydrogen-bond acceptors (Lipinski definition) is 7. The summed E-state index contributed by atoms with van der Waals surface area (Å²) < 4.78 is 34.7. The summed E-state index contributed by atoms with van der Waals surface area (Å²) in [6.45, 7) is 1.99. The zero-order valence-corrected chi connectivity index (χ0v) is 17.3. The summed E-state index contributed by atoms with van der Waals surface area (Å²) in [5.41, 5.74) is 3.74. The van der Waals surface area contributed by atoms with Crippen LogP contribution in [0.2, 0.25) is 0 Å². The van der Waals surface area contributed by atoms with E-state index in [1.807, 2.05) is 24.3 Å². The van der Waals surface area contributed by atoms with Crippen molar-refractivity contribution in [2.24, 2.45) is 5.16 Å². The van der Waals surface area contributed by atoms with Crippen LogP contribution in [0.1, 0.15) is 18.2 Å². The van der Waals surface area contributed by atoms with Gasteiger partial charge in [-0.1, -0.05) is 40.6 Å². The van der Waals surface area contributed by atoms with Crippen LogP contribution in [0.15, 0.2) is 70.6 Å². The predicted octanol–water partition coefficient (Wildman–Crippen LogP) is 4.62. The van der Waals surface area contributed by atoms with Crippen molar-refractivity contribution in [3.05, 3.63) is 83.9 Å². The summed E-state index contributed by atoms with van der Waals surface area (Å²) in [6, 6.07) is 13.0. The number of oxime groups is 1. The molecule has 2 aromatic carbocycles. The summed E-state index contributed by atoms with van der Waals surface area (Å²) in [5.74, 6) is -1.29. The number of halogens is 2. The van der Waals surface area contributed by atoms with E-state index >= 15 is 0 Å². The summed E-state index contributed by atoms with van der Waals surface area (Å²) in [7, 11) is 0. The van der Waals surface area contributed by atoms with Gasteiger partial charge < -0.3 is 9.73 Å². The van der Waals surface area contributed by atoms with Crippen LogP contribution in [0.3, 0.4) is 0 Å². The largest absolute Gasteiger partial charge is 0.411 e. The third-order valence-electron chi connectivity index (χ3n) is 5.13. The number of hydrogen-bond donors (Lipinski definition) is 1. The maximum Gasteiger partial charge on any atom is 0.169 e. The molecule has 0 spiro atoms. The van der Waals surface area contributed by atoms with Gasteiger partial charge in [0.25, 0.3) is 0 Å². The first kappa shape index (κ1) is 20.4. The van der Waals surface area contributed by atoms with Crippen LogP contribution < -0.4 is 0 Å². The summed E-state index contributed by atoms with van der Waals surface area (Å²) in [5, 5.41) is 20.5.